The summed E-state index contributed by atoms with van der Waals surface area (Å²) in [6.07, 6.45) is 2.31. The third kappa shape index (κ3) is 2.92. The van der Waals surface area contributed by atoms with Crippen LogP contribution < -0.4 is 20.3 Å². The van der Waals surface area contributed by atoms with E-state index in [4.69, 9.17) is 4.74 Å². The Morgan fingerprint density at radius 1 is 1.45 bits per heavy atom. The van der Waals surface area contributed by atoms with E-state index in [1.165, 1.54) is 0 Å². The van der Waals surface area contributed by atoms with Crippen LogP contribution in [0.3, 0.4) is 0 Å². The van der Waals surface area contributed by atoms with Crippen LogP contribution in [0.4, 0.5) is 11.4 Å². The second-order valence-corrected chi connectivity index (χ2v) is 5.71. The molecule has 118 valence electrons. The van der Waals surface area contributed by atoms with E-state index in [9.17, 15) is 9.59 Å². The Hall–Kier alpha value is -2.08. The van der Waals surface area contributed by atoms with Crippen molar-refractivity contribution in [1.82, 2.24) is 5.32 Å². The quantitative estimate of drug-likeness (QED) is 0.881. The average molecular weight is 303 g/mol. The number of ether oxygens (including phenoxy) is 1. The van der Waals surface area contributed by atoms with Crippen LogP contribution in [-0.4, -0.2) is 38.6 Å². The summed E-state index contributed by atoms with van der Waals surface area (Å²) < 4.78 is 5.40. The van der Waals surface area contributed by atoms with Gasteiger partial charge in [-0.3, -0.25) is 9.59 Å². The molecule has 6 nitrogen and oxygen atoms in total. The van der Waals surface area contributed by atoms with Crippen LogP contribution in [0.25, 0.3) is 0 Å². The van der Waals surface area contributed by atoms with Gasteiger partial charge in [0.1, 0.15) is 5.75 Å². The fraction of sp³-hybridized carbons (Fsp3) is 0.500. The van der Waals surface area contributed by atoms with E-state index in [-0.39, 0.29) is 17.7 Å². The van der Waals surface area contributed by atoms with Gasteiger partial charge in [0.25, 0.3) is 0 Å². The number of nitrogens with zero attached hydrogens (tertiary/aromatic N) is 1. The summed E-state index contributed by atoms with van der Waals surface area (Å²) >= 11 is 0. The third-order valence-corrected chi connectivity index (χ3v) is 4.24. The van der Waals surface area contributed by atoms with Crippen molar-refractivity contribution in [3.05, 3.63) is 18.2 Å². The van der Waals surface area contributed by atoms with Gasteiger partial charge in [0, 0.05) is 31.3 Å². The summed E-state index contributed by atoms with van der Waals surface area (Å²) in [5.74, 6) is 0.771. The lowest BCUT2D eigenvalue weighted by molar-refractivity contribution is -0.119. The van der Waals surface area contributed by atoms with Crippen LogP contribution in [0.2, 0.25) is 0 Å². The lowest BCUT2D eigenvalue weighted by Crippen LogP contribution is -2.25. The smallest absolute Gasteiger partial charge is 0.228 e. The van der Waals surface area contributed by atoms with Crippen molar-refractivity contribution in [2.24, 2.45) is 5.92 Å². The molecule has 2 heterocycles. The Kier molecular flexibility index (Phi) is 4.29. The fourth-order valence-electron chi connectivity index (χ4n) is 3.00. The summed E-state index contributed by atoms with van der Waals surface area (Å²) in [5, 5.41) is 6.11. The first-order chi connectivity index (χ1) is 10.7. The highest BCUT2D eigenvalue weighted by atomic mass is 16.5. The SMILES string of the molecule is COc1cc(NC(=O)C2CCNC2)ccc1N1CCCC1=O. The van der Waals surface area contributed by atoms with E-state index >= 15 is 0 Å². The van der Waals surface area contributed by atoms with Crippen LogP contribution in [0, 0.1) is 5.92 Å². The number of anilines is 2. The molecule has 6 heteroatoms. The number of hydrogen-bond donors (Lipinski definition) is 2. The molecule has 0 spiro atoms. The molecule has 2 saturated heterocycles. The topological polar surface area (TPSA) is 70.7 Å². The predicted molar refractivity (Wildman–Crippen MR) is 84.2 cm³/mol. The van der Waals surface area contributed by atoms with Crippen LogP contribution >= 0.6 is 0 Å². The Morgan fingerprint density at radius 3 is 2.95 bits per heavy atom. The first-order valence-electron chi connectivity index (χ1n) is 7.69. The number of carbonyl (C=O) groups excluding carboxylic acids is 2. The van der Waals surface area contributed by atoms with Gasteiger partial charge in [-0.15, -0.1) is 0 Å². The van der Waals surface area contributed by atoms with E-state index in [1.807, 2.05) is 12.1 Å². The van der Waals surface area contributed by atoms with Crippen molar-refractivity contribution in [3.63, 3.8) is 0 Å². The molecule has 0 aromatic heterocycles. The van der Waals surface area contributed by atoms with Gasteiger partial charge in [0.2, 0.25) is 11.8 Å². The maximum absolute atomic E-state index is 12.2. The molecule has 22 heavy (non-hydrogen) atoms. The second-order valence-electron chi connectivity index (χ2n) is 5.71. The maximum Gasteiger partial charge on any atom is 0.228 e. The van der Waals surface area contributed by atoms with E-state index in [2.05, 4.69) is 10.6 Å². The lowest BCUT2D eigenvalue weighted by Gasteiger charge is -2.20. The van der Waals surface area contributed by atoms with Crippen molar-refractivity contribution in [1.29, 1.82) is 0 Å². The minimum atomic E-state index is 0.0193. The lowest BCUT2D eigenvalue weighted by atomic mass is 10.1. The van der Waals surface area contributed by atoms with E-state index < -0.39 is 0 Å². The van der Waals surface area contributed by atoms with Crippen molar-refractivity contribution >= 4 is 23.2 Å². The zero-order valence-electron chi connectivity index (χ0n) is 12.7. The van der Waals surface area contributed by atoms with E-state index in [1.54, 1.807) is 18.1 Å². The molecule has 2 fully saturated rings. The minimum absolute atomic E-state index is 0.0193. The highest BCUT2D eigenvalue weighted by Gasteiger charge is 2.25. The number of methoxy groups -OCH3 is 1. The van der Waals surface area contributed by atoms with Gasteiger partial charge >= 0.3 is 0 Å². The Morgan fingerprint density at radius 2 is 2.32 bits per heavy atom. The van der Waals surface area contributed by atoms with Gasteiger partial charge in [0.05, 0.1) is 18.7 Å². The summed E-state index contributed by atoms with van der Waals surface area (Å²) in [5.41, 5.74) is 1.47. The molecule has 2 aliphatic heterocycles. The first kappa shape index (κ1) is 14.8. The molecule has 2 N–H and O–H groups in total. The molecular weight excluding hydrogens is 282 g/mol. The van der Waals surface area contributed by atoms with Crippen molar-refractivity contribution in [2.75, 3.05) is 37.0 Å². The standard InChI is InChI=1S/C16H21N3O3/c1-22-14-9-12(18-16(21)11-6-7-17-10-11)4-5-13(14)19-8-2-3-15(19)20/h4-5,9,11,17H,2-3,6-8,10H2,1H3,(H,18,21). The molecule has 3 rings (SSSR count). The van der Waals surface area contributed by atoms with Gasteiger partial charge < -0.3 is 20.3 Å². The predicted octanol–water partition coefficient (Wildman–Crippen LogP) is 1.37. The van der Waals surface area contributed by atoms with E-state index in [0.717, 1.165) is 31.6 Å². The van der Waals surface area contributed by atoms with Crippen LogP contribution in [-0.2, 0) is 9.59 Å². The molecule has 1 unspecified atom stereocenters. The number of carbonyl (C=O) groups is 2. The fourth-order valence-corrected chi connectivity index (χ4v) is 3.00. The minimum Gasteiger partial charge on any atom is -0.494 e. The largest absolute Gasteiger partial charge is 0.494 e. The number of rotatable bonds is 4. The summed E-state index contributed by atoms with van der Waals surface area (Å²) in [6.45, 7) is 2.33. The normalized spacial score (nSPS) is 21.2. The first-order valence-corrected chi connectivity index (χ1v) is 7.69. The molecule has 1 aromatic carbocycles. The molecule has 1 atom stereocenters. The average Bonchev–Trinajstić information content (AvgIpc) is 3.18. The zero-order chi connectivity index (χ0) is 15.5. The summed E-state index contributed by atoms with van der Waals surface area (Å²) in [6, 6.07) is 5.44. The molecule has 2 aliphatic rings. The Labute approximate surface area is 129 Å². The van der Waals surface area contributed by atoms with Crippen LogP contribution in [0.15, 0.2) is 18.2 Å². The van der Waals surface area contributed by atoms with Gasteiger partial charge in [-0.1, -0.05) is 0 Å². The third-order valence-electron chi connectivity index (χ3n) is 4.24. The van der Waals surface area contributed by atoms with E-state index in [0.29, 0.717) is 24.4 Å². The number of benzene rings is 1. The number of nitrogens with one attached hydrogen (secondary N) is 2. The van der Waals surface area contributed by atoms with Gasteiger partial charge in [-0.25, -0.2) is 0 Å². The molecule has 0 aliphatic carbocycles. The van der Waals surface area contributed by atoms with Crippen molar-refractivity contribution < 1.29 is 14.3 Å². The molecule has 0 bridgehead atoms. The molecule has 2 amide bonds. The van der Waals surface area contributed by atoms with Crippen LogP contribution in [0.1, 0.15) is 19.3 Å². The van der Waals surface area contributed by atoms with Crippen molar-refractivity contribution in [3.8, 4) is 5.75 Å². The van der Waals surface area contributed by atoms with Crippen molar-refractivity contribution in [2.45, 2.75) is 19.3 Å². The highest BCUT2D eigenvalue weighted by molar-refractivity contribution is 5.98. The zero-order valence-corrected chi connectivity index (χ0v) is 12.7. The molecule has 0 saturated carbocycles. The summed E-state index contributed by atoms with van der Waals surface area (Å²) in [4.78, 5) is 25.8. The monoisotopic (exact) mass is 303 g/mol. The molecular formula is C16H21N3O3. The molecule has 1 aromatic rings. The Balaban J connectivity index is 1.76. The highest BCUT2D eigenvalue weighted by Crippen LogP contribution is 2.34. The van der Waals surface area contributed by atoms with Crippen LogP contribution in [0.5, 0.6) is 5.75 Å². The maximum atomic E-state index is 12.2. The van der Waals surface area contributed by atoms with Gasteiger partial charge in [-0.05, 0) is 31.5 Å². The number of hydrogen-bond acceptors (Lipinski definition) is 4. The van der Waals surface area contributed by atoms with Gasteiger partial charge in [0.15, 0.2) is 0 Å². The number of amides is 2. The Bertz CT molecular complexity index is 582. The summed E-state index contributed by atoms with van der Waals surface area (Å²) in [7, 11) is 1.58. The second kappa shape index (κ2) is 6.36. The van der Waals surface area contributed by atoms with Gasteiger partial charge in [-0.2, -0.15) is 0 Å². The molecule has 0 radical (unpaired) electrons.